The van der Waals surface area contributed by atoms with Crippen molar-refractivity contribution >= 4 is 28.0 Å². The number of aromatic nitrogens is 2. The molecule has 3 rings (SSSR count). The molecule has 0 spiro atoms. The summed E-state index contributed by atoms with van der Waals surface area (Å²) in [7, 11) is 0. The standard InChI is InChI=1S/C13H11N5OS/c1-8-11(12(14)19-18-8)16-17-13-15-10(7-20-13)9-5-3-2-4-6-9/h2-7H,14H2,1H3. The van der Waals surface area contributed by atoms with Gasteiger partial charge in [0.05, 0.1) is 5.69 Å². The van der Waals surface area contributed by atoms with Crippen LogP contribution in [0.25, 0.3) is 11.3 Å². The third kappa shape index (κ3) is 2.43. The SMILES string of the molecule is Cc1noc(N)c1N=Nc1nc(-c2ccccc2)cs1. The van der Waals surface area contributed by atoms with E-state index in [0.717, 1.165) is 11.3 Å². The molecule has 2 aromatic heterocycles. The van der Waals surface area contributed by atoms with Crippen LogP contribution in [0.1, 0.15) is 5.69 Å². The number of rotatable bonds is 3. The van der Waals surface area contributed by atoms with Crippen molar-refractivity contribution in [2.45, 2.75) is 6.92 Å². The van der Waals surface area contributed by atoms with Crippen LogP contribution < -0.4 is 5.73 Å². The molecule has 3 aromatic rings. The van der Waals surface area contributed by atoms with Gasteiger partial charge in [-0.15, -0.1) is 21.6 Å². The topological polar surface area (TPSA) is 89.7 Å². The lowest BCUT2D eigenvalue weighted by atomic mass is 10.2. The maximum absolute atomic E-state index is 5.60. The highest BCUT2D eigenvalue weighted by Crippen LogP contribution is 2.30. The summed E-state index contributed by atoms with van der Waals surface area (Å²) in [6.45, 7) is 1.76. The molecule has 2 N–H and O–H groups in total. The molecular formula is C13H11N5OS. The Labute approximate surface area is 119 Å². The van der Waals surface area contributed by atoms with Crippen molar-refractivity contribution in [3.8, 4) is 11.3 Å². The molecule has 0 unspecified atom stereocenters. The molecule has 2 heterocycles. The average Bonchev–Trinajstić information content (AvgIpc) is 3.06. The zero-order valence-corrected chi connectivity index (χ0v) is 11.5. The van der Waals surface area contributed by atoms with E-state index in [1.54, 1.807) is 6.92 Å². The fourth-order valence-corrected chi connectivity index (χ4v) is 2.29. The molecule has 20 heavy (non-hydrogen) atoms. The Balaban J connectivity index is 1.85. The highest BCUT2D eigenvalue weighted by molar-refractivity contribution is 7.13. The van der Waals surface area contributed by atoms with Gasteiger partial charge >= 0.3 is 0 Å². The zero-order chi connectivity index (χ0) is 13.9. The zero-order valence-electron chi connectivity index (χ0n) is 10.6. The fourth-order valence-electron chi connectivity index (χ4n) is 1.65. The first-order valence-corrected chi connectivity index (χ1v) is 6.76. The quantitative estimate of drug-likeness (QED) is 0.733. The highest BCUT2D eigenvalue weighted by Gasteiger charge is 2.09. The maximum Gasteiger partial charge on any atom is 0.250 e. The van der Waals surface area contributed by atoms with E-state index in [0.29, 0.717) is 16.5 Å². The van der Waals surface area contributed by atoms with Gasteiger partial charge in [-0.05, 0) is 6.92 Å². The van der Waals surface area contributed by atoms with Gasteiger partial charge in [-0.25, -0.2) is 4.98 Å². The van der Waals surface area contributed by atoms with Crippen LogP contribution in [0.3, 0.4) is 0 Å². The Morgan fingerprint density at radius 3 is 2.70 bits per heavy atom. The minimum Gasteiger partial charge on any atom is -0.366 e. The summed E-state index contributed by atoms with van der Waals surface area (Å²) in [5, 5.41) is 14.3. The van der Waals surface area contributed by atoms with Crippen LogP contribution in [0, 0.1) is 6.92 Å². The van der Waals surface area contributed by atoms with Crippen LogP contribution >= 0.6 is 11.3 Å². The summed E-state index contributed by atoms with van der Waals surface area (Å²) in [6.07, 6.45) is 0. The second-order valence-electron chi connectivity index (χ2n) is 4.06. The van der Waals surface area contributed by atoms with Crippen LogP contribution in [0.4, 0.5) is 16.7 Å². The molecule has 100 valence electrons. The van der Waals surface area contributed by atoms with Crippen molar-refractivity contribution in [1.29, 1.82) is 0 Å². The van der Waals surface area contributed by atoms with Crippen LogP contribution in [0.15, 0.2) is 50.5 Å². The molecule has 0 aliphatic carbocycles. The molecule has 0 radical (unpaired) electrons. The summed E-state index contributed by atoms with van der Waals surface area (Å²) in [4.78, 5) is 4.41. The number of nitrogens with zero attached hydrogens (tertiary/aromatic N) is 4. The number of hydrogen-bond acceptors (Lipinski definition) is 7. The molecule has 0 bridgehead atoms. The highest BCUT2D eigenvalue weighted by atomic mass is 32.1. The lowest BCUT2D eigenvalue weighted by Crippen LogP contribution is -1.79. The molecule has 0 fully saturated rings. The third-order valence-corrected chi connectivity index (χ3v) is 3.38. The van der Waals surface area contributed by atoms with Crippen molar-refractivity contribution in [1.82, 2.24) is 10.1 Å². The first-order valence-electron chi connectivity index (χ1n) is 5.88. The molecular weight excluding hydrogens is 274 g/mol. The predicted molar refractivity (Wildman–Crippen MR) is 77.4 cm³/mol. The number of aryl methyl sites for hydroxylation is 1. The average molecular weight is 285 g/mol. The molecule has 0 aliphatic rings. The van der Waals surface area contributed by atoms with E-state index in [2.05, 4.69) is 20.4 Å². The second-order valence-corrected chi connectivity index (χ2v) is 4.90. The monoisotopic (exact) mass is 285 g/mol. The Bertz CT molecular complexity index is 728. The fraction of sp³-hybridized carbons (Fsp3) is 0.0769. The summed E-state index contributed by atoms with van der Waals surface area (Å²) in [6, 6.07) is 9.90. The predicted octanol–water partition coefficient (Wildman–Crippen LogP) is 4.10. The summed E-state index contributed by atoms with van der Waals surface area (Å²) < 4.78 is 4.82. The summed E-state index contributed by atoms with van der Waals surface area (Å²) >= 11 is 1.41. The van der Waals surface area contributed by atoms with E-state index in [9.17, 15) is 0 Å². The van der Waals surface area contributed by atoms with Gasteiger partial charge in [0.15, 0.2) is 5.69 Å². The van der Waals surface area contributed by atoms with Crippen LogP contribution in [0.5, 0.6) is 0 Å². The van der Waals surface area contributed by atoms with E-state index < -0.39 is 0 Å². The number of nitrogens with two attached hydrogens (primary N) is 1. The number of thiazole rings is 1. The van der Waals surface area contributed by atoms with Gasteiger partial charge in [-0.1, -0.05) is 35.5 Å². The van der Waals surface area contributed by atoms with Gasteiger partial charge in [0.2, 0.25) is 11.0 Å². The Morgan fingerprint density at radius 1 is 1.20 bits per heavy atom. The smallest absolute Gasteiger partial charge is 0.250 e. The number of hydrogen-bond donors (Lipinski definition) is 1. The molecule has 0 amide bonds. The van der Waals surface area contributed by atoms with Crippen molar-refractivity contribution < 1.29 is 4.52 Å². The molecule has 0 atom stereocenters. The van der Waals surface area contributed by atoms with Crippen LogP contribution in [0.2, 0.25) is 0 Å². The van der Waals surface area contributed by atoms with E-state index >= 15 is 0 Å². The third-order valence-electron chi connectivity index (χ3n) is 2.65. The van der Waals surface area contributed by atoms with Gasteiger partial charge in [-0.2, -0.15) is 0 Å². The molecule has 7 heteroatoms. The largest absolute Gasteiger partial charge is 0.366 e. The molecule has 6 nitrogen and oxygen atoms in total. The number of benzene rings is 1. The number of anilines is 1. The first-order chi connectivity index (χ1) is 9.74. The minimum atomic E-state index is 0.158. The Kier molecular flexibility index (Phi) is 3.26. The van der Waals surface area contributed by atoms with Crippen molar-refractivity contribution in [3.05, 3.63) is 41.4 Å². The first kappa shape index (κ1) is 12.5. The van der Waals surface area contributed by atoms with Gasteiger partial charge < -0.3 is 10.3 Å². The van der Waals surface area contributed by atoms with E-state index in [1.807, 2.05) is 35.7 Å². The molecule has 1 aromatic carbocycles. The Morgan fingerprint density at radius 2 is 2.00 bits per heavy atom. The molecule has 0 saturated heterocycles. The van der Waals surface area contributed by atoms with Crippen molar-refractivity contribution in [2.75, 3.05) is 5.73 Å². The van der Waals surface area contributed by atoms with E-state index in [1.165, 1.54) is 11.3 Å². The number of nitrogen functional groups attached to an aromatic ring is 1. The van der Waals surface area contributed by atoms with E-state index in [4.69, 9.17) is 10.3 Å². The Hall–Kier alpha value is -2.54. The van der Waals surface area contributed by atoms with Crippen molar-refractivity contribution in [2.24, 2.45) is 10.2 Å². The summed E-state index contributed by atoms with van der Waals surface area (Å²) in [5.41, 5.74) is 8.57. The van der Waals surface area contributed by atoms with E-state index in [-0.39, 0.29) is 5.88 Å². The second kappa shape index (κ2) is 5.22. The minimum absolute atomic E-state index is 0.158. The van der Waals surface area contributed by atoms with Gasteiger partial charge in [-0.3, -0.25) is 0 Å². The van der Waals surface area contributed by atoms with Gasteiger partial charge in [0, 0.05) is 10.9 Å². The van der Waals surface area contributed by atoms with Crippen LogP contribution in [-0.4, -0.2) is 10.1 Å². The normalized spacial score (nSPS) is 11.2. The van der Waals surface area contributed by atoms with Gasteiger partial charge in [0.25, 0.3) is 0 Å². The van der Waals surface area contributed by atoms with Crippen molar-refractivity contribution in [3.63, 3.8) is 0 Å². The molecule has 0 aliphatic heterocycles. The maximum atomic E-state index is 5.60. The van der Waals surface area contributed by atoms with Crippen LogP contribution in [-0.2, 0) is 0 Å². The number of azo groups is 1. The summed E-state index contributed by atoms with van der Waals surface area (Å²) in [5.74, 6) is 0.158. The molecule has 0 saturated carbocycles. The van der Waals surface area contributed by atoms with Gasteiger partial charge in [0.1, 0.15) is 5.69 Å². The lowest BCUT2D eigenvalue weighted by Gasteiger charge is -1.93. The lowest BCUT2D eigenvalue weighted by molar-refractivity contribution is 0.431.